The Balaban J connectivity index is 1.44. The van der Waals surface area contributed by atoms with Gasteiger partial charge in [-0.05, 0) is 22.3 Å². The number of benzene rings is 4. The lowest BCUT2D eigenvalue weighted by Crippen LogP contribution is -2.64. The van der Waals surface area contributed by atoms with Gasteiger partial charge in [0, 0.05) is 0 Å². The van der Waals surface area contributed by atoms with Crippen molar-refractivity contribution < 1.29 is 28.9 Å². The highest BCUT2D eigenvalue weighted by Gasteiger charge is 2.50. The van der Waals surface area contributed by atoms with Gasteiger partial charge in [-0.2, -0.15) is 0 Å². The first-order valence-electron chi connectivity index (χ1n) is 14.4. The molecule has 0 radical (unpaired) electrons. The zero-order valence-corrected chi connectivity index (χ0v) is 24.0. The average Bonchev–Trinajstić information content (AvgIpc) is 3.07. The average molecular weight is 583 g/mol. The Morgan fingerprint density at radius 3 is 1.42 bits per heavy atom. The fourth-order valence-corrected chi connectivity index (χ4v) is 5.08. The number of hydrogen-bond acceptors (Lipinski definition) is 7. The first-order valence-corrected chi connectivity index (χ1v) is 14.4. The largest absolute Gasteiger partial charge is 0.409 e. The highest BCUT2D eigenvalue weighted by atomic mass is 16.6. The number of rotatable bonds is 14. The van der Waals surface area contributed by atoms with Crippen molar-refractivity contribution >= 4 is 5.84 Å². The molecule has 1 saturated heterocycles. The summed E-state index contributed by atoms with van der Waals surface area (Å²) in [5.41, 5.74) is 10.2. The van der Waals surface area contributed by atoms with E-state index in [0.29, 0.717) is 19.8 Å². The van der Waals surface area contributed by atoms with Crippen LogP contribution in [-0.4, -0.2) is 48.2 Å². The number of amidine groups is 1. The van der Waals surface area contributed by atoms with Gasteiger partial charge in [0.25, 0.3) is 0 Å². The molecular weight excluding hydrogens is 544 g/mol. The fraction of sp³-hybridized carbons (Fsp3) is 0.286. The molecule has 5 atom stereocenters. The Bertz CT molecular complexity index is 1370. The van der Waals surface area contributed by atoms with E-state index in [9.17, 15) is 5.21 Å². The van der Waals surface area contributed by atoms with Crippen LogP contribution in [0.1, 0.15) is 22.3 Å². The molecule has 1 aliphatic heterocycles. The molecular formula is C35H38N2O6. The Morgan fingerprint density at radius 2 is 0.977 bits per heavy atom. The van der Waals surface area contributed by atoms with E-state index >= 15 is 0 Å². The van der Waals surface area contributed by atoms with Crippen molar-refractivity contribution in [3.63, 3.8) is 0 Å². The van der Waals surface area contributed by atoms with E-state index in [1.807, 2.05) is 121 Å². The zero-order chi connectivity index (χ0) is 29.7. The molecule has 4 aromatic rings. The maximum absolute atomic E-state index is 9.74. The number of oxime groups is 1. The molecule has 0 amide bonds. The van der Waals surface area contributed by atoms with Crippen molar-refractivity contribution in [2.24, 2.45) is 10.9 Å². The van der Waals surface area contributed by atoms with E-state index in [4.69, 9.17) is 29.4 Å². The van der Waals surface area contributed by atoms with Gasteiger partial charge in [-0.3, -0.25) is 0 Å². The molecule has 224 valence electrons. The van der Waals surface area contributed by atoms with E-state index in [1.54, 1.807) is 0 Å². The summed E-state index contributed by atoms with van der Waals surface area (Å²) in [6.07, 6.45) is -3.49. The van der Waals surface area contributed by atoms with Gasteiger partial charge in [0.1, 0.15) is 30.5 Å². The van der Waals surface area contributed by atoms with E-state index in [1.165, 1.54) is 0 Å². The molecule has 0 saturated carbocycles. The highest BCUT2D eigenvalue weighted by molar-refractivity contribution is 5.85. The molecule has 4 aromatic carbocycles. The van der Waals surface area contributed by atoms with Crippen molar-refractivity contribution in [2.75, 3.05) is 6.61 Å². The highest BCUT2D eigenvalue weighted by Crippen LogP contribution is 2.31. The van der Waals surface area contributed by atoms with Gasteiger partial charge >= 0.3 is 0 Å². The molecule has 43 heavy (non-hydrogen) atoms. The molecule has 1 heterocycles. The standard InChI is InChI=1S/C35H38N2O6/c36-35(37-38)34-33(42-24-29-19-11-4-12-20-29)32(41-23-28-17-9-3-10-18-28)31(40-22-27-15-7-2-8-16-27)30(43-34)25-39-21-26-13-5-1-6-14-26/h1-20,30-34,38H,21-25H2,(H2,36,37)/t30-,31-,32+,33-,34-/m1/s1. The summed E-state index contributed by atoms with van der Waals surface area (Å²) < 4.78 is 32.3. The van der Waals surface area contributed by atoms with Gasteiger partial charge in [0.2, 0.25) is 0 Å². The van der Waals surface area contributed by atoms with Crippen LogP contribution in [0.3, 0.4) is 0 Å². The van der Waals surface area contributed by atoms with Crippen LogP contribution in [0, 0.1) is 0 Å². The summed E-state index contributed by atoms with van der Waals surface area (Å²) in [7, 11) is 0. The minimum Gasteiger partial charge on any atom is -0.409 e. The van der Waals surface area contributed by atoms with Gasteiger partial charge in [-0.25, -0.2) is 0 Å². The quantitative estimate of drug-likeness (QED) is 0.0879. The summed E-state index contributed by atoms with van der Waals surface area (Å²) in [6.45, 7) is 1.50. The molecule has 5 rings (SSSR count). The predicted octanol–water partition coefficient (Wildman–Crippen LogP) is 5.47. The van der Waals surface area contributed by atoms with Gasteiger partial charge in [0.15, 0.2) is 5.84 Å². The summed E-state index contributed by atoms with van der Waals surface area (Å²) in [4.78, 5) is 0. The molecule has 0 bridgehead atoms. The molecule has 0 spiro atoms. The van der Waals surface area contributed by atoms with Crippen LogP contribution in [-0.2, 0) is 50.1 Å². The first kappa shape index (κ1) is 30.4. The van der Waals surface area contributed by atoms with Gasteiger partial charge < -0.3 is 34.6 Å². The summed E-state index contributed by atoms with van der Waals surface area (Å²) in [6, 6.07) is 39.5. The molecule has 8 nitrogen and oxygen atoms in total. The summed E-state index contributed by atoms with van der Waals surface area (Å²) in [5, 5.41) is 13.0. The van der Waals surface area contributed by atoms with Crippen LogP contribution in [0.2, 0.25) is 0 Å². The second-order valence-corrected chi connectivity index (χ2v) is 10.4. The third kappa shape index (κ3) is 8.73. The van der Waals surface area contributed by atoms with E-state index in [-0.39, 0.29) is 19.0 Å². The van der Waals surface area contributed by atoms with E-state index < -0.39 is 30.5 Å². The number of nitrogens with zero attached hydrogens (tertiary/aromatic N) is 1. The van der Waals surface area contributed by atoms with Crippen LogP contribution >= 0.6 is 0 Å². The normalized spacial score (nSPS) is 22.3. The molecule has 1 aliphatic rings. The monoisotopic (exact) mass is 582 g/mol. The minimum atomic E-state index is -0.906. The first-order chi connectivity index (χ1) is 21.2. The number of hydrogen-bond donors (Lipinski definition) is 2. The van der Waals surface area contributed by atoms with Gasteiger partial charge in [0.05, 0.1) is 33.0 Å². The van der Waals surface area contributed by atoms with Crippen molar-refractivity contribution in [2.45, 2.75) is 56.9 Å². The van der Waals surface area contributed by atoms with Crippen molar-refractivity contribution in [3.05, 3.63) is 144 Å². The summed E-state index contributed by atoms with van der Waals surface area (Å²) >= 11 is 0. The van der Waals surface area contributed by atoms with Crippen LogP contribution in [0.25, 0.3) is 0 Å². The predicted molar refractivity (Wildman–Crippen MR) is 163 cm³/mol. The lowest BCUT2D eigenvalue weighted by atomic mass is 9.93. The third-order valence-corrected chi connectivity index (χ3v) is 7.29. The Labute approximate surface area is 252 Å². The fourth-order valence-electron chi connectivity index (χ4n) is 5.08. The van der Waals surface area contributed by atoms with Crippen molar-refractivity contribution in [1.82, 2.24) is 0 Å². The lowest BCUT2D eigenvalue weighted by molar-refractivity contribution is -0.259. The smallest absolute Gasteiger partial charge is 0.171 e. The number of ether oxygens (including phenoxy) is 5. The number of nitrogens with two attached hydrogens (primary N) is 1. The van der Waals surface area contributed by atoms with Gasteiger partial charge in [-0.15, -0.1) is 0 Å². The molecule has 8 heteroatoms. The zero-order valence-electron chi connectivity index (χ0n) is 24.0. The molecule has 1 fully saturated rings. The maximum atomic E-state index is 9.74. The van der Waals surface area contributed by atoms with Crippen molar-refractivity contribution in [1.29, 1.82) is 0 Å². The van der Waals surface area contributed by atoms with E-state index in [2.05, 4.69) is 5.16 Å². The van der Waals surface area contributed by atoms with Crippen molar-refractivity contribution in [3.8, 4) is 0 Å². The lowest BCUT2D eigenvalue weighted by Gasteiger charge is -2.45. The van der Waals surface area contributed by atoms with E-state index in [0.717, 1.165) is 22.3 Å². The molecule has 0 aromatic heterocycles. The Hall–Kier alpha value is -4.05. The van der Waals surface area contributed by atoms with Gasteiger partial charge in [-0.1, -0.05) is 126 Å². The molecule has 0 unspecified atom stereocenters. The molecule has 3 N–H and O–H groups in total. The Morgan fingerprint density at radius 1 is 0.581 bits per heavy atom. The minimum absolute atomic E-state index is 0.110. The van der Waals surface area contributed by atoms with Crippen LogP contribution in [0.4, 0.5) is 0 Å². The maximum Gasteiger partial charge on any atom is 0.171 e. The second kappa shape index (κ2) is 16.0. The summed E-state index contributed by atoms with van der Waals surface area (Å²) in [5.74, 6) is -0.110. The SMILES string of the molecule is N/C(=N\O)[C@@H]1O[C@H](COCc2ccccc2)[C@@H](OCc2ccccc2)[C@H](OCc2ccccc2)[C@H]1OCc1ccccc1. The Kier molecular flexibility index (Phi) is 11.3. The molecule has 0 aliphatic carbocycles. The topological polar surface area (TPSA) is 105 Å². The van der Waals surface area contributed by atoms with Crippen LogP contribution < -0.4 is 5.73 Å². The van der Waals surface area contributed by atoms with Crippen LogP contribution in [0.15, 0.2) is 126 Å². The van der Waals surface area contributed by atoms with Crippen LogP contribution in [0.5, 0.6) is 0 Å². The second-order valence-electron chi connectivity index (χ2n) is 10.4. The third-order valence-electron chi connectivity index (χ3n) is 7.29.